The number of hydrogen-bond acceptors (Lipinski definition) is 5. The first-order chi connectivity index (χ1) is 12.5. The summed E-state index contributed by atoms with van der Waals surface area (Å²) in [6, 6.07) is 17.3. The highest BCUT2D eigenvalue weighted by Crippen LogP contribution is 2.29. The lowest BCUT2D eigenvalue weighted by molar-refractivity contribution is -0.384. The molecule has 6 nitrogen and oxygen atoms in total. The second-order valence-corrected chi connectivity index (χ2v) is 6.46. The maximum atomic E-state index is 12.0. The molecule has 0 bridgehead atoms. The molecule has 7 heteroatoms. The second kappa shape index (κ2) is 7.62. The molecule has 3 aromatic rings. The van der Waals surface area contributed by atoms with Gasteiger partial charge in [-0.3, -0.25) is 14.9 Å². The predicted octanol–water partition coefficient (Wildman–Crippen LogP) is 4.68. The van der Waals surface area contributed by atoms with Gasteiger partial charge in [0.15, 0.2) is 0 Å². The molecular formula is C19H14N2O4S. The Labute approximate surface area is 153 Å². The van der Waals surface area contributed by atoms with Gasteiger partial charge in [-0.15, -0.1) is 11.3 Å². The van der Waals surface area contributed by atoms with Gasteiger partial charge in [-0.2, -0.15) is 0 Å². The number of aromatic hydroxyl groups is 1. The van der Waals surface area contributed by atoms with E-state index in [1.807, 2.05) is 42.5 Å². The van der Waals surface area contributed by atoms with E-state index in [1.54, 1.807) is 17.4 Å². The molecule has 1 heterocycles. The van der Waals surface area contributed by atoms with E-state index in [2.05, 4.69) is 5.32 Å². The Bertz CT molecular complexity index is 980. The van der Waals surface area contributed by atoms with E-state index in [1.165, 1.54) is 18.2 Å². The first-order valence-electron chi connectivity index (χ1n) is 7.64. The Kier molecular flexibility index (Phi) is 5.09. The molecule has 0 spiro atoms. The van der Waals surface area contributed by atoms with Crippen molar-refractivity contribution in [3.63, 3.8) is 0 Å². The third-order valence-electron chi connectivity index (χ3n) is 3.53. The normalized spacial score (nSPS) is 10.8. The Morgan fingerprint density at radius 2 is 1.88 bits per heavy atom. The molecule has 0 saturated heterocycles. The minimum atomic E-state index is -0.619. The van der Waals surface area contributed by atoms with Crippen LogP contribution in [0.1, 0.15) is 4.88 Å². The van der Waals surface area contributed by atoms with Crippen LogP contribution in [0.5, 0.6) is 5.75 Å². The van der Waals surface area contributed by atoms with Crippen LogP contribution in [0.2, 0.25) is 0 Å². The van der Waals surface area contributed by atoms with Gasteiger partial charge in [0.1, 0.15) is 5.75 Å². The number of amides is 1. The monoisotopic (exact) mass is 366 g/mol. The number of nitrogens with zero attached hydrogens (tertiary/aromatic N) is 1. The summed E-state index contributed by atoms with van der Waals surface area (Å²) in [6.07, 6.45) is 3.02. The highest BCUT2D eigenvalue weighted by molar-refractivity contribution is 7.16. The zero-order valence-electron chi connectivity index (χ0n) is 13.5. The largest absolute Gasteiger partial charge is 0.506 e. The number of carbonyl (C=O) groups is 1. The van der Waals surface area contributed by atoms with Crippen LogP contribution < -0.4 is 5.32 Å². The third-order valence-corrected chi connectivity index (χ3v) is 4.63. The number of phenols is 1. The van der Waals surface area contributed by atoms with Crippen molar-refractivity contribution in [3.8, 4) is 16.2 Å². The van der Waals surface area contributed by atoms with Gasteiger partial charge in [-0.1, -0.05) is 30.3 Å². The number of nitrogens with one attached hydrogen (secondary N) is 1. The van der Waals surface area contributed by atoms with Gasteiger partial charge in [0.25, 0.3) is 5.69 Å². The van der Waals surface area contributed by atoms with Crippen LogP contribution in [-0.4, -0.2) is 15.9 Å². The Morgan fingerprint density at radius 1 is 1.12 bits per heavy atom. The van der Waals surface area contributed by atoms with Crippen LogP contribution in [0.3, 0.4) is 0 Å². The second-order valence-electron chi connectivity index (χ2n) is 5.35. The molecule has 0 aliphatic heterocycles. The van der Waals surface area contributed by atoms with Crippen LogP contribution in [-0.2, 0) is 4.79 Å². The van der Waals surface area contributed by atoms with Crippen LogP contribution in [0.25, 0.3) is 16.5 Å². The minimum Gasteiger partial charge on any atom is -0.506 e. The summed E-state index contributed by atoms with van der Waals surface area (Å²) in [7, 11) is 0. The first-order valence-corrected chi connectivity index (χ1v) is 8.46. The number of anilines is 1. The van der Waals surface area contributed by atoms with Crippen LogP contribution in [0, 0.1) is 10.1 Å². The van der Waals surface area contributed by atoms with E-state index in [9.17, 15) is 20.0 Å². The van der Waals surface area contributed by atoms with Gasteiger partial charge >= 0.3 is 0 Å². The maximum Gasteiger partial charge on any atom is 0.273 e. The molecule has 26 heavy (non-hydrogen) atoms. The molecule has 0 saturated carbocycles. The molecule has 130 valence electrons. The van der Waals surface area contributed by atoms with E-state index in [0.717, 1.165) is 21.4 Å². The molecule has 0 atom stereocenters. The summed E-state index contributed by atoms with van der Waals surface area (Å²) in [5.41, 5.74) is 0.974. The van der Waals surface area contributed by atoms with Crippen molar-refractivity contribution in [2.45, 2.75) is 0 Å². The lowest BCUT2D eigenvalue weighted by atomic mass is 10.2. The zero-order chi connectivity index (χ0) is 18.5. The van der Waals surface area contributed by atoms with E-state index < -0.39 is 10.8 Å². The van der Waals surface area contributed by atoms with Crippen molar-refractivity contribution in [3.05, 3.63) is 81.7 Å². The smallest absolute Gasteiger partial charge is 0.273 e. The molecule has 0 aliphatic carbocycles. The number of phenolic OH excluding ortho intramolecular Hbond substituents is 1. The molecule has 1 aromatic heterocycles. The molecular weight excluding hydrogens is 352 g/mol. The zero-order valence-corrected chi connectivity index (χ0v) is 14.3. The molecule has 0 radical (unpaired) electrons. The molecule has 2 N–H and O–H groups in total. The minimum absolute atomic E-state index is 0.112. The lowest BCUT2D eigenvalue weighted by Crippen LogP contribution is -2.07. The summed E-state index contributed by atoms with van der Waals surface area (Å²) in [6.45, 7) is 0. The molecule has 0 fully saturated rings. The molecule has 1 amide bonds. The highest BCUT2D eigenvalue weighted by Gasteiger charge is 2.11. The Hall–Kier alpha value is -3.45. The Morgan fingerprint density at radius 3 is 2.58 bits per heavy atom. The van der Waals surface area contributed by atoms with Gasteiger partial charge in [0, 0.05) is 21.9 Å². The summed E-state index contributed by atoms with van der Waals surface area (Å²) in [5, 5.41) is 22.9. The van der Waals surface area contributed by atoms with Crippen molar-refractivity contribution < 1.29 is 14.8 Å². The van der Waals surface area contributed by atoms with Gasteiger partial charge in [0.05, 0.1) is 16.7 Å². The number of nitro groups is 1. The SMILES string of the molecule is O=C(/C=C/c1ccc(-c2ccccc2)s1)Nc1ccc([N+](=O)[O-])cc1O. The average Bonchev–Trinajstić information content (AvgIpc) is 3.11. The number of thiophene rings is 1. The van der Waals surface area contributed by atoms with E-state index in [-0.39, 0.29) is 17.1 Å². The molecule has 0 unspecified atom stereocenters. The van der Waals surface area contributed by atoms with Crippen LogP contribution >= 0.6 is 11.3 Å². The number of non-ortho nitro benzene ring substituents is 1. The maximum absolute atomic E-state index is 12.0. The lowest BCUT2D eigenvalue weighted by Gasteiger charge is -2.04. The quantitative estimate of drug-likeness (QED) is 0.297. The van der Waals surface area contributed by atoms with E-state index >= 15 is 0 Å². The summed E-state index contributed by atoms with van der Waals surface area (Å²) < 4.78 is 0. The fourth-order valence-corrected chi connectivity index (χ4v) is 3.19. The fraction of sp³-hybridized carbons (Fsp3) is 0. The van der Waals surface area contributed by atoms with Crippen LogP contribution in [0.4, 0.5) is 11.4 Å². The fourth-order valence-electron chi connectivity index (χ4n) is 2.27. The standard InChI is InChI=1S/C19H14N2O4S/c22-17-12-14(21(24)25)6-9-16(17)20-19(23)11-8-15-7-10-18(26-15)13-4-2-1-3-5-13/h1-12,22H,(H,20,23)/b11-8+. The van der Waals surface area contributed by atoms with Gasteiger partial charge in [-0.25, -0.2) is 0 Å². The van der Waals surface area contributed by atoms with Gasteiger partial charge in [-0.05, 0) is 29.8 Å². The highest BCUT2D eigenvalue weighted by atomic mass is 32.1. The van der Waals surface area contributed by atoms with Crippen molar-refractivity contribution in [1.29, 1.82) is 0 Å². The molecule has 3 rings (SSSR count). The van der Waals surface area contributed by atoms with Crippen molar-refractivity contribution >= 4 is 34.7 Å². The van der Waals surface area contributed by atoms with Gasteiger partial charge in [0.2, 0.25) is 5.91 Å². The van der Waals surface area contributed by atoms with E-state index in [0.29, 0.717) is 0 Å². The molecule has 2 aromatic carbocycles. The molecule has 0 aliphatic rings. The van der Waals surface area contributed by atoms with Crippen molar-refractivity contribution in [1.82, 2.24) is 0 Å². The average molecular weight is 366 g/mol. The summed E-state index contributed by atoms with van der Waals surface area (Å²) in [5.74, 6) is -0.799. The number of nitro benzene ring substituents is 1. The van der Waals surface area contributed by atoms with Gasteiger partial charge < -0.3 is 10.4 Å². The Balaban J connectivity index is 1.67. The third kappa shape index (κ3) is 4.14. The van der Waals surface area contributed by atoms with Crippen molar-refractivity contribution in [2.24, 2.45) is 0 Å². The number of carbonyl (C=O) groups excluding carboxylic acids is 1. The number of rotatable bonds is 5. The van der Waals surface area contributed by atoms with Crippen molar-refractivity contribution in [2.75, 3.05) is 5.32 Å². The number of benzene rings is 2. The summed E-state index contributed by atoms with van der Waals surface area (Å²) >= 11 is 1.55. The first kappa shape index (κ1) is 17.4. The summed E-state index contributed by atoms with van der Waals surface area (Å²) in [4.78, 5) is 24.0. The van der Waals surface area contributed by atoms with Crippen LogP contribution in [0.15, 0.2) is 66.7 Å². The predicted molar refractivity (Wildman–Crippen MR) is 102 cm³/mol. The number of hydrogen-bond donors (Lipinski definition) is 2. The van der Waals surface area contributed by atoms with E-state index in [4.69, 9.17) is 0 Å². The topological polar surface area (TPSA) is 92.5 Å².